The standard InChI is InChI=1S/C22H31N3O4/c1-13(20(28)23-16-10-21(3,4)24-22(5,6)11-16)25-17-9-15(14(2)26)7-8-18(17)29-12-19(25)27/h7-9,13,16,24H,10-12H2,1-6H3,(H,23,28). The third-order valence-corrected chi connectivity index (χ3v) is 5.55. The Morgan fingerprint density at radius 3 is 2.41 bits per heavy atom. The number of nitrogens with zero attached hydrogens (tertiary/aromatic N) is 1. The Bertz CT molecular complexity index is 830. The molecule has 158 valence electrons. The van der Waals surface area contributed by atoms with Crippen LogP contribution in [0.1, 0.15) is 64.7 Å². The number of ketones is 1. The van der Waals surface area contributed by atoms with Gasteiger partial charge in [0, 0.05) is 22.7 Å². The maximum Gasteiger partial charge on any atom is 0.265 e. The van der Waals surface area contributed by atoms with E-state index in [1.807, 2.05) is 0 Å². The number of fused-ring (bicyclic) bond motifs is 1. The van der Waals surface area contributed by atoms with Gasteiger partial charge in [-0.3, -0.25) is 19.3 Å². The average molecular weight is 402 g/mol. The summed E-state index contributed by atoms with van der Waals surface area (Å²) in [5.74, 6) is -0.120. The van der Waals surface area contributed by atoms with Gasteiger partial charge in [0.05, 0.1) is 5.69 Å². The van der Waals surface area contributed by atoms with Crippen LogP contribution in [0.2, 0.25) is 0 Å². The van der Waals surface area contributed by atoms with Crippen molar-refractivity contribution in [2.45, 2.75) is 77.5 Å². The van der Waals surface area contributed by atoms with E-state index in [0.717, 1.165) is 12.8 Å². The van der Waals surface area contributed by atoms with Crippen molar-refractivity contribution in [3.05, 3.63) is 23.8 Å². The minimum absolute atomic E-state index is 0.00960. The summed E-state index contributed by atoms with van der Waals surface area (Å²) in [7, 11) is 0. The van der Waals surface area contributed by atoms with Crippen LogP contribution in [0, 0.1) is 0 Å². The molecule has 2 heterocycles. The number of rotatable bonds is 4. The average Bonchev–Trinajstić information content (AvgIpc) is 2.57. The van der Waals surface area contributed by atoms with Gasteiger partial charge in [-0.25, -0.2) is 0 Å². The van der Waals surface area contributed by atoms with Crippen LogP contribution in [0.5, 0.6) is 5.75 Å². The molecule has 0 aliphatic carbocycles. The number of carbonyl (C=O) groups is 3. The molecule has 1 atom stereocenters. The van der Waals surface area contributed by atoms with E-state index in [1.165, 1.54) is 11.8 Å². The number of amides is 2. The van der Waals surface area contributed by atoms with E-state index in [4.69, 9.17) is 4.74 Å². The third kappa shape index (κ3) is 4.61. The molecule has 2 aliphatic heterocycles. The quantitative estimate of drug-likeness (QED) is 0.757. The van der Waals surface area contributed by atoms with Gasteiger partial charge in [0.2, 0.25) is 5.91 Å². The number of hydrogen-bond donors (Lipinski definition) is 2. The minimum Gasteiger partial charge on any atom is -0.482 e. The summed E-state index contributed by atoms with van der Waals surface area (Å²) in [5.41, 5.74) is 0.741. The van der Waals surface area contributed by atoms with Crippen molar-refractivity contribution in [2.24, 2.45) is 0 Å². The summed E-state index contributed by atoms with van der Waals surface area (Å²) in [5, 5.41) is 6.74. The summed E-state index contributed by atoms with van der Waals surface area (Å²) in [6.45, 7) is 11.6. The maximum absolute atomic E-state index is 13.1. The summed E-state index contributed by atoms with van der Waals surface area (Å²) in [4.78, 5) is 38.9. The molecule has 0 radical (unpaired) electrons. The molecular weight excluding hydrogens is 370 g/mol. The smallest absolute Gasteiger partial charge is 0.265 e. The van der Waals surface area contributed by atoms with Crippen molar-refractivity contribution in [3.63, 3.8) is 0 Å². The molecule has 0 spiro atoms. The molecule has 2 amide bonds. The first-order chi connectivity index (χ1) is 13.4. The van der Waals surface area contributed by atoms with Crippen molar-refractivity contribution >= 4 is 23.3 Å². The van der Waals surface area contributed by atoms with Crippen LogP contribution in [0.4, 0.5) is 5.69 Å². The molecule has 1 saturated heterocycles. The van der Waals surface area contributed by atoms with Crippen LogP contribution < -0.4 is 20.3 Å². The van der Waals surface area contributed by atoms with E-state index in [2.05, 4.69) is 38.3 Å². The highest BCUT2D eigenvalue weighted by molar-refractivity contribution is 6.05. The Hall–Kier alpha value is -2.41. The zero-order valence-corrected chi connectivity index (χ0v) is 18.1. The molecule has 29 heavy (non-hydrogen) atoms. The summed E-state index contributed by atoms with van der Waals surface area (Å²) >= 11 is 0. The highest BCUT2D eigenvalue weighted by atomic mass is 16.5. The van der Waals surface area contributed by atoms with E-state index in [9.17, 15) is 14.4 Å². The molecule has 0 bridgehead atoms. The maximum atomic E-state index is 13.1. The van der Waals surface area contributed by atoms with Crippen molar-refractivity contribution in [1.82, 2.24) is 10.6 Å². The minimum atomic E-state index is -0.714. The van der Waals surface area contributed by atoms with E-state index in [1.54, 1.807) is 25.1 Å². The number of piperidine rings is 1. The largest absolute Gasteiger partial charge is 0.482 e. The number of carbonyl (C=O) groups excluding carboxylic acids is 3. The fourth-order valence-electron chi connectivity index (χ4n) is 4.68. The van der Waals surface area contributed by atoms with Crippen LogP contribution in [-0.2, 0) is 9.59 Å². The van der Waals surface area contributed by atoms with Crippen LogP contribution in [0.25, 0.3) is 0 Å². The number of Topliss-reactive ketones (excluding diaryl/α,β-unsaturated/α-hetero) is 1. The van der Waals surface area contributed by atoms with Gasteiger partial charge in [-0.1, -0.05) is 0 Å². The summed E-state index contributed by atoms with van der Waals surface area (Å²) in [6.07, 6.45) is 1.61. The zero-order chi connectivity index (χ0) is 21.6. The molecule has 7 heteroatoms. The van der Waals surface area contributed by atoms with E-state index in [-0.39, 0.29) is 41.3 Å². The Balaban J connectivity index is 1.82. The van der Waals surface area contributed by atoms with Gasteiger partial charge in [-0.2, -0.15) is 0 Å². The molecule has 1 aromatic carbocycles. The van der Waals surface area contributed by atoms with Gasteiger partial charge in [0.1, 0.15) is 11.8 Å². The Labute approximate surface area is 172 Å². The van der Waals surface area contributed by atoms with Crippen molar-refractivity contribution < 1.29 is 19.1 Å². The van der Waals surface area contributed by atoms with Crippen LogP contribution in [0.3, 0.4) is 0 Å². The second-order valence-corrected chi connectivity index (χ2v) is 9.47. The van der Waals surface area contributed by atoms with Gasteiger partial charge < -0.3 is 15.4 Å². The van der Waals surface area contributed by atoms with Gasteiger partial charge in [0.15, 0.2) is 12.4 Å². The third-order valence-electron chi connectivity index (χ3n) is 5.55. The van der Waals surface area contributed by atoms with Gasteiger partial charge in [-0.15, -0.1) is 0 Å². The molecule has 3 rings (SSSR count). The fraction of sp³-hybridized carbons (Fsp3) is 0.591. The molecule has 2 N–H and O–H groups in total. The number of anilines is 1. The number of ether oxygens (including phenoxy) is 1. The summed E-state index contributed by atoms with van der Waals surface area (Å²) < 4.78 is 5.49. The molecule has 0 aromatic heterocycles. The Morgan fingerprint density at radius 2 is 1.83 bits per heavy atom. The molecule has 2 aliphatic rings. The molecule has 7 nitrogen and oxygen atoms in total. The highest BCUT2D eigenvalue weighted by Crippen LogP contribution is 2.35. The normalized spacial score (nSPS) is 21.7. The second kappa shape index (κ2) is 7.44. The fourth-order valence-corrected chi connectivity index (χ4v) is 4.68. The SMILES string of the molecule is CC(=O)c1ccc2c(c1)N(C(C)C(=O)NC1CC(C)(C)NC(C)(C)C1)C(=O)CO2. The molecule has 1 fully saturated rings. The molecular formula is C22H31N3O4. The van der Waals surface area contributed by atoms with Crippen LogP contribution in [0.15, 0.2) is 18.2 Å². The second-order valence-electron chi connectivity index (χ2n) is 9.47. The summed E-state index contributed by atoms with van der Waals surface area (Å²) in [6, 6.07) is 4.26. The number of nitrogens with one attached hydrogen (secondary N) is 2. The topological polar surface area (TPSA) is 87.7 Å². The van der Waals surface area contributed by atoms with Gasteiger partial charge in [0.25, 0.3) is 5.91 Å². The van der Waals surface area contributed by atoms with Crippen molar-refractivity contribution in [2.75, 3.05) is 11.5 Å². The van der Waals surface area contributed by atoms with Crippen molar-refractivity contribution in [1.29, 1.82) is 0 Å². The van der Waals surface area contributed by atoms with Gasteiger partial charge >= 0.3 is 0 Å². The van der Waals surface area contributed by atoms with E-state index in [0.29, 0.717) is 17.0 Å². The van der Waals surface area contributed by atoms with E-state index >= 15 is 0 Å². The first-order valence-electron chi connectivity index (χ1n) is 10.1. The number of hydrogen-bond acceptors (Lipinski definition) is 5. The van der Waals surface area contributed by atoms with Crippen LogP contribution >= 0.6 is 0 Å². The highest BCUT2D eigenvalue weighted by Gasteiger charge is 2.40. The van der Waals surface area contributed by atoms with Gasteiger partial charge in [-0.05, 0) is 72.6 Å². The lowest BCUT2D eigenvalue weighted by molar-refractivity contribution is -0.128. The lowest BCUT2D eigenvalue weighted by Crippen LogP contribution is -2.63. The lowest BCUT2D eigenvalue weighted by Gasteiger charge is -2.47. The molecule has 1 unspecified atom stereocenters. The monoisotopic (exact) mass is 401 g/mol. The number of benzene rings is 1. The molecule has 0 saturated carbocycles. The van der Waals surface area contributed by atoms with E-state index < -0.39 is 6.04 Å². The Kier molecular flexibility index (Phi) is 5.47. The first kappa shape index (κ1) is 21.3. The predicted molar refractivity (Wildman–Crippen MR) is 111 cm³/mol. The lowest BCUT2D eigenvalue weighted by atomic mass is 9.79. The zero-order valence-electron chi connectivity index (χ0n) is 18.1. The first-order valence-corrected chi connectivity index (χ1v) is 10.1. The van der Waals surface area contributed by atoms with Crippen LogP contribution in [-0.4, -0.2) is 47.4 Å². The Morgan fingerprint density at radius 1 is 1.21 bits per heavy atom. The predicted octanol–water partition coefficient (Wildman–Crippen LogP) is 2.43. The molecule has 1 aromatic rings. The van der Waals surface area contributed by atoms with Crippen molar-refractivity contribution in [3.8, 4) is 5.75 Å².